The molecule has 4 aromatic heterocycles. The van der Waals surface area contributed by atoms with Crippen molar-refractivity contribution < 1.29 is 40.5 Å². The summed E-state index contributed by atoms with van der Waals surface area (Å²) in [5.74, 6) is 1.09. The quantitative estimate of drug-likeness (QED) is 0.101. The first-order valence-corrected chi connectivity index (χ1v) is 33.8. The molecule has 5 fully saturated rings. The topological polar surface area (TPSA) is 219 Å². The molecule has 15 rings (SSSR count). The lowest BCUT2D eigenvalue weighted by molar-refractivity contribution is -0.0592. The van der Waals surface area contributed by atoms with E-state index in [1.54, 1.807) is 79.1 Å². The third-order valence-corrected chi connectivity index (χ3v) is 21.1. The van der Waals surface area contributed by atoms with Crippen molar-refractivity contribution in [1.82, 2.24) is 28.1 Å². The first-order chi connectivity index (χ1) is 45.0. The maximum absolute atomic E-state index is 14.3. The summed E-state index contributed by atoms with van der Waals surface area (Å²) >= 11 is 0. The lowest BCUT2D eigenvalue weighted by Crippen LogP contribution is -2.48. The number of hydrogen-bond donors (Lipinski definition) is 1. The molecule has 0 unspecified atom stereocenters. The molecule has 0 saturated carbocycles. The molecule has 5 aliphatic heterocycles. The lowest BCUT2D eigenvalue weighted by Gasteiger charge is -2.34. The highest BCUT2D eigenvalue weighted by Crippen LogP contribution is 2.41. The zero-order valence-electron chi connectivity index (χ0n) is 50.4. The number of aromatic nitrogens is 4. The van der Waals surface area contributed by atoms with E-state index in [4.69, 9.17) is 23.7 Å². The highest BCUT2D eigenvalue weighted by Gasteiger charge is 2.34. The minimum Gasteiger partial charge on any atom is -0.488 e. The van der Waals surface area contributed by atoms with Crippen LogP contribution >= 0.6 is 0 Å². The van der Waals surface area contributed by atoms with Gasteiger partial charge in [0.05, 0.1) is 78.0 Å². The molecule has 5 aliphatic rings. The lowest BCUT2D eigenvalue weighted by atomic mass is 10.0. The van der Waals surface area contributed by atoms with E-state index in [1.165, 1.54) is 7.94 Å². The predicted molar refractivity (Wildman–Crippen MR) is 352 cm³/mol. The molecule has 2 atom stereocenters. The third kappa shape index (κ3) is 12.0. The van der Waals surface area contributed by atoms with Gasteiger partial charge in [-0.1, -0.05) is 72.8 Å². The van der Waals surface area contributed by atoms with Crippen molar-refractivity contribution in [2.75, 3.05) is 102 Å². The fraction of sp³-hybridized carbons (Fsp3) is 0.268. The van der Waals surface area contributed by atoms with Gasteiger partial charge >= 0.3 is 0 Å². The summed E-state index contributed by atoms with van der Waals surface area (Å²) in [5.41, 5.74) is 9.19. The van der Waals surface area contributed by atoms with Gasteiger partial charge in [-0.05, 0) is 150 Å². The molecule has 0 aliphatic carbocycles. The molecular weight excluding hydrogens is 1200 g/mol. The van der Waals surface area contributed by atoms with Crippen LogP contribution in [0, 0.1) is 22.7 Å². The number of nitrogens with zero attached hydrogens (tertiary/aromatic N) is 9. The summed E-state index contributed by atoms with van der Waals surface area (Å²) in [7, 11) is -8.04. The number of fused-ring (bicyclic) bond motifs is 2. The molecule has 466 valence electrons. The summed E-state index contributed by atoms with van der Waals surface area (Å²) < 4.78 is 88.5. The Morgan fingerprint density at radius 3 is 1.38 bits per heavy atom. The number of benzene rings is 6. The van der Waals surface area contributed by atoms with Crippen LogP contribution in [0.1, 0.15) is 24.0 Å². The van der Waals surface area contributed by atoms with E-state index < -0.39 is 20.0 Å². The smallest absolute Gasteiger partial charge is 0.269 e. The Bertz CT molecular complexity index is 4650. The van der Waals surface area contributed by atoms with Crippen LogP contribution < -0.4 is 24.6 Å². The van der Waals surface area contributed by atoms with Crippen molar-refractivity contribution in [3.63, 3.8) is 0 Å². The van der Waals surface area contributed by atoms with Crippen LogP contribution in [0.2, 0.25) is 0 Å². The molecule has 0 radical (unpaired) electrons. The number of morpholine rings is 2. The van der Waals surface area contributed by atoms with Crippen LogP contribution in [0.15, 0.2) is 192 Å². The van der Waals surface area contributed by atoms with Crippen molar-refractivity contribution in [2.24, 2.45) is 0 Å². The summed E-state index contributed by atoms with van der Waals surface area (Å²) in [6, 6.07) is 56.3. The van der Waals surface area contributed by atoms with Crippen LogP contribution in [-0.2, 0) is 34.3 Å². The second kappa shape index (κ2) is 26.1. The Kier molecular flexibility index (Phi) is 17.0. The normalized spacial score (nSPS) is 18.0. The molecular formula is C71H66N10O9S2. The zero-order chi connectivity index (χ0) is 62.8. The van der Waals surface area contributed by atoms with E-state index in [-0.39, 0.29) is 22.0 Å². The SMILES string of the molecule is N#Cc1cc(-c2ccnc3c2cc(-c2ccc(N4CCOCC4)cc2)n3S(=O)(=O)c2ccccc2)ccc1O[C@@H]1CCN(C2COC2)C1.N#Cc1cc(-c2ccnc3c2cc(-c2ccc(N4CCOCC4)cc2)n3S(=O)(=O)c2ccccc2)ccc1O[C@@H]1CCNC1. The van der Waals surface area contributed by atoms with Crippen molar-refractivity contribution in [2.45, 2.75) is 40.9 Å². The summed E-state index contributed by atoms with van der Waals surface area (Å²) in [6.07, 6.45) is 5.04. The van der Waals surface area contributed by atoms with E-state index in [1.807, 2.05) is 103 Å². The highest BCUT2D eigenvalue weighted by atomic mass is 32.2. The zero-order valence-corrected chi connectivity index (χ0v) is 52.0. The minimum atomic E-state index is -4.03. The Morgan fingerprint density at radius 1 is 0.500 bits per heavy atom. The predicted octanol–water partition coefficient (Wildman–Crippen LogP) is 10.2. The van der Waals surface area contributed by atoms with E-state index in [2.05, 4.69) is 42.1 Å². The molecule has 92 heavy (non-hydrogen) atoms. The number of nitriles is 2. The van der Waals surface area contributed by atoms with Crippen molar-refractivity contribution in [1.29, 1.82) is 10.5 Å². The standard InChI is InChI=1S/C37H35N5O5S.C34H31N5O4S/c38-22-28-20-27(8-11-36(28)47-31-13-15-41(23-31)30-24-46-25-30)33-12-14-39-37-34(33)21-35(42(37)48(43,44)32-4-2-1-3-5-32)26-6-9-29(10-7-26)40-16-18-45-19-17-40;35-22-26-20-25(8-11-33(26)43-28-12-14-36-23-28)30-13-15-37-34-31(30)21-32(39(34)44(40,41)29-4-2-1-3-5-29)24-6-9-27(10-7-24)38-16-18-42-19-17-38/h1-12,14,20-21,30-31H,13,15-19,23-25H2;1-11,13,15,20-21,28,36H,12,14,16-19,23H2/t31-;28-/m11/s1. The number of anilines is 2. The number of pyridine rings is 2. The minimum absolute atomic E-state index is 0.00519. The molecule has 0 bridgehead atoms. The van der Waals surface area contributed by atoms with Gasteiger partial charge in [0.1, 0.15) is 35.8 Å². The Balaban J connectivity index is 0.000000160. The number of rotatable bonds is 15. The summed E-state index contributed by atoms with van der Waals surface area (Å²) in [5, 5.41) is 24.7. The molecule has 0 spiro atoms. The highest BCUT2D eigenvalue weighted by molar-refractivity contribution is 7.90. The van der Waals surface area contributed by atoms with Crippen LogP contribution in [0.4, 0.5) is 11.4 Å². The van der Waals surface area contributed by atoms with Gasteiger partial charge in [-0.3, -0.25) is 4.90 Å². The molecule has 1 N–H and O–H groups in total. The van der Waals surface area contributed by atoms with Gasteiger partial charge in [-0.25, -0.2) is 34.7 Å². The van der Waals surface area contributed by atoms with Gasteiger partial charge in [0, 0.05) is 80.4 Å². The van der Waals surface area contributed by atoms with Crippen LogP contribution in [0.5, 0.6) is 11.5 Å². The molecule has 19 nitrogen and oxygen atoms in total. The van der Waals surface area contributed by atoms with Crippen molar-refractivity contribution >= 4 is 53.5 Å². The molecule has 21 heteroatoms. The number of likely N-dealkylation sites (tertiary alicyclic amines) is 1. The third-order valence-electron chi connectivity index (χ3n) is 17.7. The molecule has 9 heterocycles. The average Bonchev–Trinajstić information content (AvgIpc) is 1.58. The van der Waals surface area contributed by atoms with Crippen molar-refractivity contribution in [3.8, 4) is 68.4 Å². The second-order valence-electron chi connectivity index (χ2n) is 23.3. The second-order valence-corrected chi connectivity index (χ2v) is 26.9. The van der Waals surface area contributed by atoms with Crippen LogP contribution in [-0.4, -0.2) is 150 Å². The average molecular weight is 1270 g/mol. The maximum Gasteiger partial charge on any atom is 0.269 e. The maximum atomic E-state index is 14.3. The molecule has 0 amide bonds. The fourth-order valence-corrected chi connectivity index (χ4v) is 15.8. The Morgan fingerprint density at radius 2 is 0.957 bits per heavy atom. The van der Waals surface area contributed by atoms with E-state index in [9.17, 15) is 27.4 Å². The summed E-state index contributed by atoms with van der Waals surface area (Å²) in [4.78, 5) is 16.5. The molecule has 5 saturated heterocycles. The first-order valence-electron chi connectivity index (χ1n) is 31.0. The van der Waals surface area contributed by atoms with Crippen LogP contribution in [0.25, 0.3) is 66.8 Å². The van der Waals surface area contributed by atoms with E-state index in [0.717, 1.165) is 123 Å². The van der Waals surface area contributed by atoms with Gasteiger partial charge in [-0.15, -0.1) is 0 Å². The number of nitrogens with one attached hydrogen (secondary N) is 1. The first kappa shape index (κ1) is 60.2. The number of hydrogen-bond acceptors (Lipinski definition) is 17. The van der Waals surface area contributed by atoms with Gasteiger partial charge in [-0.2, -0.15) is 10.5 Å². The monoisotopic (exact) mass is 1270 g/mol. The van der Waals surface area contributed by atoms with Crippen molar-refractivity contribution in [3.05, 3.63) is 193 Å². The Hall–Kier alpha value is -9.42. The van der Waals surface area contributed by atoms with E-state index in [0.29, 0.717) is 88.5 Å². The largest absolute Gasteiger partial charge is 0.488 e. The van der Waals surface area contributed by atoms with E-state index >= 15 is 0 Å². The number of ether oxygens (including phenoxy) is 5. The van der Waals surface area contributed by atoms with Gasteiger partial charge in [0.15, 0.2) is 11.3 Å². The van der Waals surface area contributed by atoms with Gasteiger partial charge in [0.2, 0.25) is 0 Å². The molecule has 10 aromatic rings. The molecule has 6 aromatic carbocycles. The fourth-order valence-electron chi connectivity index (χ4n) is 12.7. The Labute approximate surface area is 534 Å². The summed E-state index contributed by atoms with van der Waals surface area (Å²) in [6.45, 7) is 10.9. The van der Waals surface area contributed by atoms with Gasteiger partial charge < -0.3 is 38.8 Å². The van der Waals surface area contributed by atoms with Crippen LogP contribution in [0.3, 0.4) is 0 Å². The van der Waals surface area contributed by atoms with Gasteiger partial charge in [0.25, 0.3) is 20.0 Å².